The minimum absolute atomic E-state index is 0.252. The van der Waals surface area contributed by atoms with E-state index in [0.717, 1.165) is 0 Å². The zero-order valence-electron chi connectivity index (χ0n) is 17.2. The Bertz CT molecular complexity index is 702. The normalized spacial score (nSPS) is 14.6. The molecule has 13 nitrogen and oxygen atoms in total. The lowest BCUT2D eigenvalue weighted by molar-refractivity contribution is -0.143. The maximum absolute atomic E-state index is 12.6. The van der Waals surface area contributed by atoms with Crippen LogP contribution in [0.4, 0.5) is 0 Å². The molecule has 0 heterocycles. The molecule has 4 unspecified atom stereocenters. The number of primary amides is 1. The van der Waals surface area contributed by atoms with Crippen molar-refractivity contribution in [3.05, 3.63) is 0 Å². The summed E-state index contributed by atoms with van der Waals surface area (Å²) < 4.78 is 0. The maximum atomic E-state index is 12.6. The summed E-state index contributed by atoms with van der Waals surface area (Å²) in [6.07, 6.45) is -1.40. The molecule has 0 fully saturated rings. The average Bonchev–Trinajstić information content (AvgIpc) is 2.66. The fourth-order valence-electron chi connectivity index (χ4n) is 2.25. The van der Waals surface area contributed by atoms with Crippen molar-refractivity contribution < 1.29 is 39.0 Å². The number of hydrogen-bond acceptors (Lipinski definition) is 8. The molecule has 0 radical (unpaired) electrons. The van der Waals surface area contributed by atoms with E-state index in [9.17, 15) is 28.8 Å². The van der Waals surface area contributed by atoms with Gasteiger partial charge in [0.25, 0.3) is 0 Å². The van der Waals surface area contributed by atoms with E-state index in [1.807, 2.05) is 0 Å². The van der Waals surface area contributed by atoms with E-state index >= 15 is 0 Å². The molecular formula is C17H29N5O8S. The van der Waals surface area contributed by atoms with Crippen molar-refractivity contribution in [1.82, 2.24) is 16.0 Å². The van der Waals surface area contributed by atoms with Crippen molar-refractivity contribution in [3.63, 3.8) is 0 Å². The van der Waals surface area contributed by atoms with Gasteiger partial charge in [-0.25, -0.2) is 4.79 Å². The number of nitrogens with two attached hydrogens (primary N) is 2. The first kappa shape index (κ1) is 28.1. The van der Waals surface area contributed by atoms with Gasteiger partial charge in [-0.3, -0.25) is 24.0 Å². The topological polar surface area (TPSA) is 231 Å². The Labute approximate surface area is 184 Å². The number of carbonyl (C=O) groups is 6. The number of amides is 4. The Morgan fingerprint density at radius 3 is 1.77 bits per heavy atom. The SMILES string of the molecule is CC(C)C(N)C(=O)NC(CCC(=O)O)C(=O)NC(CS)C(=O)NC(CC(N)=O)C(=O)O. The van der Waals surface area contributed by atoms with Crippen LogP contribution in [0.1, 0.15) is 33.1 Å². The van der Waals surface area contributed by atoms with Gasteiger partial charge in [0.15, 0.2) is 0 Å². The van der Waals surface area contributed by atoms with Crippen LogP contribution in [0, 0.1) is 5.92 Å². The summed E-state index contributed by atoms with van der Waals surface area (Å²) in [5, 5.41) is 24.6. The minimum Gasteiger partial charge on any atom is -0.481 e. The third kappa shape index (κ3) is 10.6. The highest BCUT2D eigenvalue weighted by atomic mass is 32.1. The van der Waals surface area contributed by atoms with Crippen LogP contribution in [0.25, 0.3) is 0 Å². The van der Waals surface area contributed by atoms with Gasteiger partial charge in [-0.15, -0.1) is 0 Å². The lowest BCUT2D eigenvalue weighted by Gasteiger charge is -2.24. The Morgan fingerprint density at radius 2 is 1.35 bits per heavy atom. The second-order valence-electron chi connectivity index (χ2n) is 7.08. The lowest BCUT2D eigenvalue weighted by Crippen LogP contribution is -2.58. The van der Waals surface area contributed by atoms with E-state index in [-0.39, 0.29) is 18.1 Å². The maximum Gasteiger partial charge on any atom is 0.326 e. The Balaban J connectivity index is 5.32. The Kier molecular flexibility index (Phi) is 12.2. The van der Waals surface area contributed by atoms with E-state index in [1.165, 1.54) is 0 Å². The predicted octanol–water partition coefficient (Wildman–Crippen LogP) is -2.82. The standard InChI is InChI=1S/C17H29N5O8S/c1-7(2)13(19)16(28)20-8(3-4-12(24)25)14(26)22-10(6-31)15(27)21-9(17(29)30)5-11(18)23/h7-10,13,31H,3-6,19H2,1-2H3,(H2,18,23)(H,20,28)(H,21,27)(H,22,26)(H,24,25)(H,29,30). The van der Waals surface area contributed by atoms with E-state index < -0.39 is 72.6 Å². The van der Waals surface area contributed by atoms with Gasteiger partial charge in [0, 0.05) is 12.2 Å². The quantitative estimate of drug-likeness (QED) is 0.124. The number of aliphatic carboxylic acids is 2. The minimum atomic E-state index is -1.61. The van der Waals surface area contributed by atoms with Crippen LogP contribution in [-0.4, -0.2) is 75.7 Å². The molecule has 0 aromatic carbocycles. The summed E-state index contributed by atoms with van der Waals surface area (Å²) in [6.45, 7) is 3.37. The van der Waals surface area contributed by atoms with E-state index in [2.05, 4.69) is 28.6 Å². The zero-order valence-corrected chi connectivity index (χ0v) is 18.1. The molecule has 0 aromatic rings. The van der Waals surface area contributed by atoms with E-state index in [4.69, 9.17) is 21.7 Å². The first-order valence-electron chi connectivity index (χ1n) is 9.30. The first-order chi connectivity index (χ1) is 14.3. The highest BCUT2D eigenvalue weighted by Crippen LogP contribution is 2.04. The second-order valence-corrected chi connectivity index (χ2v) is 7.44. The van der Waals surface area contributed by atoms with Crippen molar-refractivity contribution in [2.45, 2.75) is 57.3 Å². The Hall–Kier alpha value is -2.87. The summed E-state index contributed by atoms with van der Waals surface area (Å²) in [5.74, 6) is -6.72. The molecular weight excluding hydrogens is 434 g/mol. The lowest BCUT2D eigenvalue weighted by atomic mass is 10.0. The largest absolute Gasteiger partial charge is 0.481 e. The predicted molar refractivity (Wildman–Crippen MR) is 111 cm³/mol. The van der Waals surface area contributed by atoms with E-state index in [0.29, 0.717) is 0 Å². The van der Waals surface area contributed by atoms with Crippen LogP contribution in [-0.2, 0) is 28.8 Å². The van der Waals surface area contributed by atoms with E-state index in [1.54, 1.807) is 13.8 Å². The molecule has 31 heavy (non-hydrogen) atoms. The number of hydrogen-bond donors (Lipinski definition) is 8. The van der Waals surface area contributed by atoms with Crippen molar-refractivity contribution in [2.24, 2.45) is 17.4 Å². The molecule has 0 spiro atoms. The molecule has 0 bridgehead atoms. The summed E-state index contributed by atoms with van der Waals surface area (Å²) in [5.41, 5.74) is 10.7. The molecule has 14 heteroatoms. The van der Waals surface area contributed by atoms with Crippen LogP contribution in [0.3, 0.4) is 0 Å². The number of carboxylic acid groups (broad SMARTS) is 2. The van der Waals surface area contributed by atoms with Gasteiger partial charge in [0.2, 0.25) is 23.6 Å². The number of thiol groups is 1. The van der Waals surface area contributed by atoms with Crippen LogP contribution in [0.2, 0.25) is 0 Å². The molecule has 0 aliphatic heterocycles. The highest BCUT2D eigenvalue weighted by Gasteiger charge is 2.30. The van der Waals surface area contributed by atoms with Crippen molar-refractivity contribution in [2.75, 3.05) is 5.75 Å². The second kappa shape index (κ2) is 13.4. The van der Waals surface area contributed by atoms with Gasteiger partial charge in [0.1, 0.15) is 18.1 Å². The smallest absolute Gasteiger partial charge is 0.326 e. The van der Waals surface area contributed by atoms with Gasteiger partial charge in [-0.1, -0.05) is 13.8 Å². The number of carbonyl (C=O) groups excluding carboxylic acids is 4. The van der Waals surface area contributed by atoms with Crippen LogP contribution in [0.5, 0.6) is 0 Å². The zero-order chi connectivity index (χ0) is 24.3. The van der Waals surface area contributed by atoms with Crippen molar-refractivity contribution in [3.8, 4) is 0 Å². The third-order valence-electron chi connectivity index (χ3n) is 4.14. The first-order valence-corrected chi connectivity index (χ1v) is 9.93. The molecule has 0 rings (SSSR count). The molecule has 9 N–H and O–H groups in total. The number of rotatable bonds is 14. The fraction of sp³-hybridized carbons (Fsp3) is 0.647. The monoisotopic (exact) mass is 463 g/mol. The van der Waals surface area contributed by atoms with Crippen LogP contribution in [0.15, 0.2) is 0 Å². The molecule has 176 valence electrons. The number of nitrogens with one attached hydrogen (secondary N) is 3. The Morgan fingerprint density at radius 1 is 0.871 bits per heavy atom. The van der Waals surface area contributed by atoms with Crippen molar-refractivity contribution >= 4 is 48.2 Å². The van der Waals surface area contributed by atoms with Gasteiger partial charge in [-0.2, -0.15) is 12.6 Å². The molecule has 0 aliphatic carbocycles. The van der Waals surface area contributed by atoms with Crippen LogP contribution >= 0.6 is 12.6 Å². The summed E-state index contributed by atoms with van der Waals surface area (Å²) in [4.78, 5) is 70.1. The molecule has 4 atom stereocenters. The van der Waals surface area contributed by atoms with Crippen molar-refractivity contribution in [1.29, 1.82) is 0 Å². The summed E-state index contributed by atoms with van der Waals surface area (Å²) in [7, 11) is 0. The van der Waals surface area contributed by atoms with Gasteiger partial charge >= 0.3 is 11.9 Å². The summed E-state index contributed by atoms with van der Waals surface area (Å²) in [6, 6.07) is -5.22. The fourth-order valence-corrected chi connectivity index (χ4v) is 2.50. The van der Waals surface area contributed by atoms with Gasteiger partial charge in [0.05, 0.1) is 12.5 Å². The molecule has 4 amide bonds. The van der Waals surface area contributed by atoms with Gasteiger partial charge < -0.3 is 37.6 Å². The molecule has 0 saturated heterocycles. The summed E-state index contributed by atoms with van der Waals surface area (Å²) >= 11 is 3.94. The van der Waals surface area contributed by atoms with Crippen LogP contribution < -0.4 is 27.4 Å². The molecule has 0 aliphatic rings. The third-order valence-corrected chi connectivity index (χ3v) is 4.50. The number of carboxylic acids is 2. The molecule has 0 aromatic heterocycles. The highest BCUT2D eigenvalue weighted by molar-refractivity contribution is 7.80. The molecule has 0 saturated carbocycles. The average molecular weight is 464 g/mol. The van der Waals surface area contributed by atoms with Gasteiger partial charge in [-0.05, 0) is 12.3 Å².